The molecule has 19 heavy (non-hydrogen) atoms. The van der Waals surface area contributed by atoms with E-state index in [2.05, 4.69) is 27.1 Å². The Labute approximate surface area is 114 Å². The Morgan fingerprint density at radius 3 is 2.84 bits per heavy atom. The van der Waals surface area contributed by atoms with Crippen molar-refractivity contribution in [3.8, 4) is 5.88 Å². The van der Waals surface area contributed by atoms with Crippen LogP contribution in [0.3, 0.4) is 0 Å². The van der Waals surface area contributed by atoms with E-state index in [1.807, 2.05) is 6.92 Å². The van der Waals surface area contributed by atoms with E-state index >= 15 is 0 Å². The number of nitrogens with two attached hydrogens (primary N) is 1. The molecule has 1 aliphatic carbocycles. The average Bonchev–Trinajstić information content (AvgIpc) is 3.23. The Kier molecular flexibility index (Phi) is 4.79. The molecule has 1 heterocycles. The summed E-state index contributed by atoms with van der Waals surface area (Å²) in [4.78, 5) is 10.7. The van der Waals surface area contributed by atoms with Gasteiger partial charge in [0.2, 0.25) is 5.88 Å². The summed E-state index contributed by atoms with van der Waals surface area (Å²) in [6.07, 6.45) is 4.14. The van der Waals surface area contributed by atoms with Crippen LogP contribution in [0.4, 0.5) is 11.5 Å². The molecule has 0 aliphatic heterocycles. The minimum Gasteiger partial charge on any atom is -0.476 e. The van der Waals surface area contributed by atoms with Crippen molar-refractivity contribution >= 4 is 11.5 Å². The van der Waals surface area contributed by atoms with Gasteiger partial charge in [-0.25, -0.2) is 4.98 Å². The van der Waals surface area contributed by atoms with Crippen LogP contribution in [-0.4, -0.2) is 47.2 Å². The first-order valence-electron chi connectivity index (χ1n) is 6.97. The summed E-state index contributed by atoms with van der Waals surface area (Å²) in [6.45, 7) is 7.58. The van der Waals surface area contributed by atoms with E-state index < -0.39 is 0 Å². The number of anilines is 2. The molecule has 1 fully saturated rings. The number of aromatic nitrogens is 2. The number of ether oxygens (including phenoxy) is 1. The highest BCUT2D eigenvalue weighted by molar-refractivity contribution is 5.66. The lowest BCUT2D eigenvalue weighted by atomic mass is 10.4. The van der Waals surface area contributed by atoms with Crippen molar-refractivity contribution in [1.82, 2.24) is 14.9 Å². The highest BCUT2D eigenvalue weighted by atomic mass is 16.5. The van der Waals surface area contributed by atoms with E-state index in [1.165, 1.54) is 19.2 Å². The largest absolute Gasteiger partial charge is 0.476 e. The number of rotatable bonds is 8. The first kappa shape index (κ1) is 13.9. The maximum atomic E-state index is 5.96. The van der Waals surface area contributed by atoms with Crippen LogP contribution in [0.25, 0.3) is 0 Å². The second-order valence-corrected chi connectivity index (χ2v) is 4.66. The molecule has 0 saturated heterocycles. The van der Waals surface area contributed by atoms with Crippen LogP contribution in [-0.2, 0) is 0 Å². The number of hydrogen-bond acceptors (Lipinski definition) is 6. The fourth-order valence-corrected chi connectivity index (χ4v) is 2.13. The molecule has 0 unspecified atom stereocenters. The van der Waals surface area contributed by atoms with Crippen molar-refractivity contribution in [2.45, 2.75) is 32.7 Å². The number of nitrogen functional groups attached to an aromatic ring is 1. The topological polar surface area (TPSA) is 76.3 Å². The normalized spacial score (nSPS) is 14.7. The minimum atomic E-state index is 0.453. The first-order chi connectivity index (χ1) is 9.26. The fraction of sp³-hybridized carbons (Fsp3) is 0.692. The summed E-state index contributed by atoms with van der Waals surface area (Å²) in [6, 6.07) is 0.786. The lowest BCUT2D eigenvalue weighted by Crippen LogP contribution is -2.31. The van der Waals surface area contributed by atoms with Crippen LogP contribution in [0.1, 0.15) is 26.7 Å². The van der Waals surface area contributed by atoms with Crippen molar-refractivity contribution in [1.29, 1.82) is 0 Å². The maximum Gasteiger partial charge on any atom is 0.242 e. The standard InChI is InChI=1S/C13H23N5O/c1-3-18(10-5-6-10)8-7-15-12-11(14)13(19-4-2)17-9-16-12/h9-10H,3-8,14H2,1-2H3,(H,15,16,17). The van der Waals surface area contributed by atoms with Crippen LogP contribution in [0.2, 0.25) is 0 Å². The molecule has 106 valence electrons. The third-order valence-corrected chi connectivity index (χ3v) is 3.29. The highest BCUT2D eigenvalue weighted by Crippen LogP contribution is 2.27. The Bertz CT molecular complexity index is 408. The fourth-order valence-electron chi connectivity index (χ4n) is 2.13. The summed E-state index contributed by atoms with van der Waals surface area (Å²) in [5.74, 6) is 1.11. The molecule has 6 heteroatoms. The molecule has 0 radical (unpaired) electrons. The van der Waals surface area contributed by atoms with Crippen molar-refractivity contribution in [2.24, 2.45) is 0 Å². The third kappa shape index (κ3) is 3.70. The van der Waals surface area contributed by atoms with Crippen LogP contribution in [0.15, 0.2) is 6.33 Å². The minimum absolute atomic E-state index is 0.453. The first-order valence-corrected chi connectivity index (χ1v) is 6.97. The van der Waals surface area contributed by atoms with E-state index in [-0.39, 0.29) is 0 Å². The molecule has 3 N–H and O–H groups in total. The lowest BCUT2D eigenvalue weighted by Gasteiger charge is -2.20. The number of nitrogens with zero attached hydrogens (tertiary/aromatic N) is 3. The van der Waals surface area contributed by atoms with Gasteiger partial charge < -0.3 is 15.8 Å². The van der Waals surface area contributed by atoms with Gasteiger partial charge in [-0.1, -0.05) is 6.92 Å². The number of nitrogens with one attached hydrogen (secondary N) is 1. The van der Waals surface area contributed by atoms with Crippen LogP contribution in [0.5, 0.6) is 5.88 Å². The van der Waals surface area contributed by atoms with Crippen molar-refractivity contribution in [3.63, 3.8) is 0 Å². The zero-order valence-electron chi connectivity index (χ0n) is 11.7. The number of hydrogen-bond donors (Lipinski definition) is 2. The molecule has 6 nitrogen and oxygen atoms in total. The van der Waals surface area contributed by atoms with Crippen LogP contribution >= 0.6 is 0 Å². The van der Waals surface area contributed by atoms with Gasteiger partial charge in [0.1, 0.15) is 12.0 Å². The van der Waals surface area contributed by atoms with E-state index in [0.29, 0.717) is 24.0 Å². The molecule has 0 amide bonds. The van der Waals surface area contributed by atoms with Gasteiger partial charge in [0.05, 0.1) is 6.61 Å². The van der Waals surface area contributed by atoms with Crippen molar-refractivity contribution < 1.29 is 4.74 Å². The Balaban J connectivity index is 1.86. The van der Waals surface area contributed by atoms with Gasteiger partial charge in [-0.3, -0.25) is 4.90 Å². The van der Waals surface area contributed by atoms with Gasteiger partial charge in [0.25, 0.3) is 0 Å². The summed E-state index contributed by atoms with van der Waals surface area (Å²) in [7, 11) is 0. The van der Waals surface area contributed by atoms with Gasteiger partial charge in [0.15, 0.2) is 5.82 Å². The molecule has 0 bridgehead atoms. The molecule has 0 spiro atoms. The van der Waals surface area contributed by atoms with Gasteiger partial charge in [0, 0.05) is 19.1 Å². The predicted molar refractivity (Wildman–Crippen MR) is 76.4 cm³/mol. The second-order valence-electron chi connectivity index (χ2n) is 4.66. The zero-order chi connectivity index (χ0) is 13.7. The third-order valence-electron chi connectivity index (χ3n) is 3.29. The summed E-state index contributed by atoms with van der Waals surface area (Å²) in [5.41, 5.74) is 6.45. The molecule has 0 aromatic carbocycles. The SMILES string of the molecule is CCOc1ncnc(NCCN(CC)C2CC2)c1N. The van der Waals surface area contributed by atoms with Gasteiger partial charge in [-0.15, -0.1) is 0 Å². The Hall–Kier alpha value is -1.56. The van der Waals surface area contributed by atoms with Crippen LogP contribution in [0, 0.1) is 0 Å². The monoisotopic (exact) mass is 265 g/mol. The number of likely N-dealkylation sites (N-methyl/N-ethyl adjacent to an activating group) is 1. The van der Waals surface area contributed by atoms with Gasteiger partial charge >= 0.3 is 0 Å². The Morgan fingerprint density at radius 1 is 1.42 bits per heavy atom. The molecule has 1 aromatic rings. The lowest BCUT2D eigenvalue weighted by molar-refractivity contribution is 0.289. The van der Waals surface area contributed by atoms with Crippen molar-refractivity contribution in [3.05, 3.63) is 6.33 Å². The predicted octanol–water partition coefficient (Wildman–Crippen LogP) is 1.35. The molecule has 1 saturated carbocycles. The molecule has 1 aliphatic rings. The maximum absolute atomic E-state index is 5.96. The molecule has 2 rings (SSSR count). The van der Waals surface area contributed by atoms with Gasteiger partial charge in [-0.05, 0) is 26.3 Å². The van der Waals surface area contributed by atoms with E-state index in [4.69, 9.17) is 10.5 Å². The summed E-state index contributed by atoms with van der Waals surface area (Å²) >= 11 is 0. The smallest absolute Gasteiger partial charge is 0.242 e. The van der Waals surface area contributed by atoms with E-state index in [1.54, 1.807) is 0 Å². The van der Waals surface area contributed by atoms with E-state index in [9.17, 15) is 0 Å². The highest BCUT2D eigenvalue weighted by Gasteiger charge is 2.27. The molecule has 0 atom stereocenters. The van der Waals surface area contributed by atoms with Crippen LogP contribution < -0.4 is 15.8 Å². The molecular formula is C13H23N5O. The Morgan fingerprint density at radius 2 is 2.21 bits per heavy atom. The summed E-state index contributed by atoms with van der Waals surface area (Å²) < 4.78 is 5.35. The van der Waals surface area contributed by atoms with Gasteiger partial charge in [-0.2, -0.15) is 4.98 Å². The molecule has 1 aromatic heterocycles. The second kappa shape index (κ2) is 6.56. The van der Waals surface area contributed by atoms with E-state index in [0.717, 1.165) is 25.7 Å². The molecular weight excluding hydrogens is 242 g/mol. The average molecular weight is 265 g/mol. The zero-order valence-corrected chi connectivity index (χ0v) is 11.7. The quantitative estimate of drug-likeness (QED) is 0.739. The summed E-state index contributed by atoms with van der Waals surface area (Å²) in [5, 5.41) is 3.26. The van der Waals surface area contributed by atoms with Crippen molar-refractivity contribution in [2.75, 3.05) is 37.3 Å².